The molecule has 2 aromatic rings. The van der Waals surface area contributed by atoms with Crippen molar-refractivity contribution in [2.24, 2.45) is 0 Å². The molecule has 2 rings (SSSR count). The Balaban J connectivity index is 2.42. The third-order valence-electron chi connectivity index (χ3n) is 2.27. The molecule has 1 aromatic carbocycles. The lowest BCUT2D eigenvalue weighted by molar-refractivity contribution is 0.0697. The lowest BCUT2D eigenvalue weighted by Crippen LogP contribution is -2.07. The summed E-state index contributed by atoms with van der Waals surface area (Å²) in [7, 11) is 0. The summed E-state index contributed by atoms with van der Waals surface area (Å²) < 4.78 is 13.5. The molecule has 0 saturated carbocycles. The molecule has 0 radical (unpaired) electrons. The topological polar surface area (TPSA) is 75.1 Å². The van der Waals surface area contributed by atoms with Crippen LogP contribution < -0.4 is 5.32 Å². The van der Waals surface area contributed by atoms with Gasteiger partial charge in [-0.1, -0.05) is 12.1 Å². The zero-order valence-electron chi connectivity index (χ0n) is 9.51. The summed E-state index contributed by atoms with van der Waals surface area (Å²) in [5, 5.41) is 11.6. The molecular formula is C12H10FN3O2. The molecule has 5 nitrogen and oxygen atoms in total. The van der Waals surface area contributed by atoms with Crippen LogP contribution in [-0.4, -0.2) is 21.0 Å². The predicted octanol–water partition coefficient (Wildman–Crippen LogP) is 2.37. The number of hydrogen-bond donors (Lipinski definition) is 2. The van der Waals surface area contributed by atoms with Gasteiger partial charge in [0, 0.05) is 6.20 Å². The number of hydrogen-bond acceptors (Lipinski definition) is 4. The average molecular weight is 247 g/mol. The van der Waals surface area contributed by atoms with E-state index in [1.165, 1.54) is 18.3 Å². The highest BCUT2D eigenvalue weighted by molar-refractivity contribution is 5.93. The molecule has 92 valence electrons. The van der Waals surface area contributed by atoms with Crippen LogP contribution >= 0.6 is 0 Å². The Labute approximate surface area is 102 Å². The fraction of sp³-hybridized carbons (Fsp3) is 0.0833. The molecule has 0 atom stereocenters. The molecule has 1 heterocycles. The summed E-state index contributed by atoms with van der Waals surface area (Å²) >= 11 is 0. The molecule has 0 bridgehead atoms. The van der Waals surface area contributed by atoms with Gasteiger partial charge >= 0.3 is 5.97 Å². The zero-order valence-corrected chi connectivity index (χ0v) is 9.51. The molecule has 0 fully saturated rings. The molecule has 0 unspecified atom stereocenters. The predicted molar refractivity (Wildman–Crippen MR) is 63.4 cm³/mol. The number of aryl methyl sites for hydroxylation is 1. The van der Waals surface area contributed by atoms with Crippen molar-refractivity contribution in [2.75, 3.05) is 5.32 Å². The maximum Gasteiger partial charge on any atom is 0.341 e. The summed E-state index contributed by atoms with van der Waals surface area (Å²) in [4.78, 5) is 18.8. The molecule has 0 aliphatic heterocycles. The van der Waals surface area contributed by atoms with Crippen molar-refractivity contribution in [1.29, 1.82) is 0 Å². The van der Waals surface area contributed by atoms with Crippen molar-refractivity contribution in [2.45, 2.75) is 6.92 Å². The average Bonchev–Trinajstić information content (AvgIpc) is 2.32. The van der Waals surface area contributed by atoms with Crippen LogP contribution in [0.1, 0.15) is 16.2 Å². The normalized spacial score (nSPS) is 10.1. The first-order chi connectivity index (χ1) is 8.58. The van der Waals surface area contributed by atoms with Crippen LogP contribution in [0.4, 0.5) is 15.9 Å². The van der Waals surface area contributed by atoms with Crippen molar-refractivity contribution in [3.63, 3.8) is 0 Å². The van der Waals surface area contributed by atoms with E-state index in [1.807, 2.05) is 0 Å². The Morgan fingerprint density at radius 3 is 2.78 bits per heavy atom. The maximum atomic E-state index is 13.5. The van der Waals surface area contributed by atoms with E-state index in [4.69, 9.17) is 5.11 Å². The zero-order chi connectivity index (χ0) is 13.1. The molecule has 0 aliphatic rings. The van der Waals surface area contributed by atoms with Gasteiger partial charge in [-0.15, -0.1) is 0 Å². The third kappa shape index (κ3) is 2.42. The lowest BCUT2D eigenvalue weighted by Gasteiger charge is -2.09. The van der Waals surface area contributed by atoms with Crippen LogP contribution in [0, 0.1) is 12.7 Å². The van der Waals surface area contributed by atoms with Crippen molar-refractivity contribution in [3.05, 3.63) is 47.7 Å². The molecule has 0 aliphatic carbocycles. The molecule has 6 heteroatoms. The van der Waals surface area contributed by atoms with E-state index < -0.39 is 11.8 Å². The number of nitrogens with one attached hydrogen (secondary N) is 1. The largest absolute Gasteiger partial charge is 0.477 e. The Morgan fingerprint density at radius 2 is 2.11 bits per heavy atom. The minimum Gasteiger partial charge on any atom is -0.477 e. The SMILES string of the molecule is Cc1ncc(C(=O)O)c(Nc2ccccc2F)n1. The second kappa shape index (κ2) is 4.79. The number of carbonyl (C=O) groups is 1. The number of nitrogens with zero attached hydrogens (tertiary/aromatic N) is 2. The minimum absolute atomic E-state index is 0.0695. The van der Waals surface area contributed by atoms with Crippen LogP contribution in [0.3, 0.4) is 0 Å². The number of benzene rings is 1. The van der Waals surface area contributed by atoms with Gasteiger partial charge in [-0.05, 0) is 19.1 Å². The van der Waals surface area contributed by atoms with Crippen LogP contribution in [0.5, 0.6) is 0 Å². The monoisotopic (exact) mass is 247 g/mol. The van der Waals surface area contributed by atoms with Gasteiger partial charge in [0.2, 0.25) is 0 Å². The minimum atomic E-state index is -1.17. The van der Waals surface area contributed by atoms with E-state index in [9.17, 15) is 9.18 Å². The van der Waals surface area contributed by atoms with Gasteiger partial charge in [-0.25, -0.2) is 19.2 Å². The van der Waals surface area contributed by atoms with E-state index in [0.29, 0.717) is 5.82 Å². The van der Waals surface area contributed by atoms with Crippen LogP contribution in [0.25, 0.3) is 0 Å². The maximum absolute atomic E-state index is 13.5. The Morgan fingerprint density at radius 1 is 1.39 bits per heavy atom. The number of carboxylic acid groups (broad SMARTS) is 1. The van der Waals surface area contributed by atoms with E-state index in [0.717, 1.165) is 0 Å². The van der Waals surface area contributed by atoms with Gasteiger partial charge in [0.25, 0.3) is 0 Å². The first-order valence-corrected chi connectivity index (χ1v) is 5.16. The Bertz CT molecular complexity index is 602. The van der Waals surface area contributed by atoms with Crippen molar-refractivity contribution < 1.29 is 14.3 Å². The molecule has 18 heavy (non-hydrogen) atoms. The highest BCUT2D eigenvalue weighted by Crippen LogP contribution is 2.20. The molecule has 0 amide bonds. The second-order valence-corrected chi connectivity index (χ2v) is 3.59. The van der Waals surface area contributed by atoms with E-state index in [2.05, 4.69) is 15.3 Å². The first kappa shape index (κ1) is 12.0. The van der Waals surface area contributed by atoms with Gasteiger partial charge in [-0.2, -0.15) is 0 Å². The number of para-hydroxylation sites is 1. The third-order valence-corrected chi connectivity index (χ3v) is 2.27. The standard InChI is InChI=1S/C12H10FN3O2/c1-7-14-6-8(12(17)18)11(15-7)16-10-5-3-2-4-9(10)13/h2-6H,1H3,(H,17,18)(H,14,15,16). The van der Waals surface area contributed by atoms with Crippen LogP contribution in [0.2, 0.25) is 0 Å². The Kier molecular flexibility index (Phi) is 3.18. The summed E-state index contributed by atoms with van der Waals surface area (Å²) in [5.74, 6) is -1.18. The lowest BCUT2D eigenvalue weighted by atomic mass is 10.2. The van der Waals surface area contributed by atoms with Crippen LogP contribution in [0.15, 0.2) is 30.5 Å². The van der Waals surface area contributed by atoms with Gasteiger partial charge in [0.15, 0.2) is 0 Å². The van der Waals surface area contributed by atoms with Crippen molar-refractivity contribution in [3.8, 4) is 0 Å². The number of aromatic carboxylic acids is 1. The smallest absolute Gasteiger partial charge is 0.341 e. The summed E-state index contributed by atoms with van der Waals surface area (Å²) in [6, 6.07) is 5.96. The van der Waals surface area contributed by atoms with Gasteiger partial charge in [-0.3, -0.25) is 0 Å². The fourth-order valence-electron chi connectivity index (χ4n) is 1.41. The second-order valence-electron chi connectivity index (χ2n) is 3.59. The summed E-state index contributed by atoms with van der Waals surface area (Å²) in [6.07, 6.45) is 1.19. The van der Waals surface area contributed by atoms with E-state index in [-0.39, 0.29) is 17.1 Å². The molecular weight excluding hydrogens is 237 g/mol. The highest BCUT2D eigenvalue weighted by atomic mass is 19.1. The molecule has 0 spiro atoms. The number of halogens is 1. The van der Waals surface area contributed by atoms with E-state index >= 15 is 0 Å². The number of carboxylic acids is 1. The Hall–Kier alpha value is -2.50. The highest BCUT2D eigenvalue weighted by Gasteiger charge is 2.13. The van der Waals surface area contributed by atoms with Gasteiger partial charge < -0.3 is 10.4 Å². The molecule has 0 saturated heterocycles. The number of anilines is 2. The van der Waals surface area contributed by atoms with Crippen molar-refractivity contribution >= 4 is 17.5 Å². The summed E-state index contributed by atoms with van der Waals surface area (Å²) in [5.41, 5.74) is 0.0574. The van der Waals surface area contributed by atoms with Gasteiger partial charge in [0.05, 0.1) is 5.69 Å². The number of rotatable bonds is 3. The van der Waals surface area contributed by atoms with Crippen molar-refractivity contribution in [1.82, 2.24) is 9.97 Å². The summed E-state index contributed by atoms with van der Waals surface area (Å²) in [6.45, 7) is 1.62. The number of aromatic nitrogens is 2. The van der Waals surface area contributed by atoms with E-state index in [1.54, 1.807) is 19.1 Å². The fourth-order valence-corrected chi connectivity index (χ4v) is 1.41. The quantitative estimate of drug-likeness (QED) is 0.870. The first-order valence-electron chi connectivity index (χ1n) is 5.16. The molecule has 2 N–H and O–H groups in total. The van der Waals surface area contributed by atoms with Gasteiger partial charge in [0.1, 0.15) is 23.0 Å². The molecule has 1 aromatic heterocycles. The van der Waals surface area contributed by atoms with Crippen LogP contribution in [-0.2, 0) is 0 Å².